The number of rotatable bonds is 4. The minimum Gasteiger partial charge on any atom is -0.338 e. The maximum Gasteiger partial charge on any atom is 0.239 e. The zero-order chi connectivity index (χ0) is 13.0. The van der Waals surface area contributed by atoms with Crippen LogP contribution >= 0.6 is 0 Å². The van der Waals surface area contributed by atoms with Crippen molar-refractivity contribution in [1.82, 2.24) is 4.90 Å². The van der Waals surface area contributed by atoms with Gasteiger partial charge in [-0.25, -0.2) is 0 Å². The Bertz CT molecular complexity index is 272. The van der Waals surface area contributed by atoms with Crippen molar-refractivity contribution in [1.29, 1.82) is 0 Å². The lowest BCUT2D eigenvalue weighted by Gasteiger charge is -2.28. The summed E-state index contributed by atoms with van der Waals surface area (Å²) in [5, 5.41) is 0. The molecule has 104 valence electrons. The fourth-order valence-electron chi connectivity index (χ4n) is 3.59. The predicted octanol–water partition coefficient (Wildman–Crippen LogP) is 2.69. The number of carbonyl (C=O) groups excluding carboxylic acids is 1. The van der Waals surface area contributed by atoms with Crippen LogP contribution in [0.1, 0.15) is 64.7 Å². The number of hydrogen-bond donors (Lipinski definition) is 1. The molecular weight excluding hydrogens is 224 g/mol. The molecule has 1 aliphatic heterocycles. The Morgan fingerprint density at radius 3 is 2.56 bits per heavy atom. The molecule has 1 heterocycles. The topological polar surface area (TPSA) is 46.3 Å². The number of amides is 1. The monoisotopic (exact) mass is 252 g/mol. The Balaban J connectivity index is 1.78. The molecule has 0 bridgehead atoms. The first-order chi connectivity index (χ1) is 8.68. The van der Waals surface area contributed by atoms with E-state index in [1.165, 1.54) is 51.4 Å². The van der Waals surface area contributed by atoms with Crippen molar-refractivity contribution in [2.45, 2.75) is 76.8 Å². The van der Waals surface area contributed by atoms with Crippen LogP contribution in [-0.2, 0) is 4.79 Å². The van der Waals surface area contributed by atoms with Crippen LogP contribution in [0.15, 0.2) is 0 Å². The average Bonchev–Trinajstić information content (AvgIpc) is 2.84. The first-order valence-electron chi connectivity index (χ1n) is 7.74. The molecule has 1 saturated heterocycles. The summed E-state index contributed by atoms with van der Waals surface area (Å²) in [6.07, 6.45) is 11.9. The molecule has 0 aromatic carbocycles. The van der Waals surface area contributed by atoms with Gasteiger partial charge < -0.3 is 10.6 Å². The number of likely N-dealkylation sites (tertiary alicyclic amines) is 1. The van der Waals surface area contributed by atoms with Gasteiger partial charge in [-0.1, -0.05) is 32.1 Å². The Labute approximate surface area is 111 Å². The third-order valence-corrected chi connectivity index (χ3v) is 4.68. The lowest BCUT2D eigenvalue weighted by Crippen LogP contribution is -2.44. The van der Waals surface area contributed by atoms with E-state index in [1.807, 2.05) is 4.90 Å². The lowest BCUT2D eigenvalue weighted by atomic mass is 9.85. The molecule has 1 saturated carbocycles. The molecule has 3 heteroatoms. The highest BCUT2D eigenvalue weighted by Crippen LogP contribution is 2.30. The van der Waals surface area contributed by atoms with E-state index < -0.39 is 0 Å². The molecule has 3 nitrogen and oxygen atoms in total. The maximum absolute atomic E-state index is 12.0. The average molecular weight is 252 g/mol. The largest absolute Gasteiger partial charge is 0.338 e. The van der Waals surface area contributed by atoms with Crippen LogP contribution in [0.4, 0.5) is 0 Å². The van der Waals surface area contributed by atoms with Crippen LogP contribution < -0.4 is 5.73 Å². The zero-order valence-electron chi connectivity index (χ0n) is 11.7. The van der Waals surface area contributed by atoms with Gasteiger partial charge in [0.05, 0.1) is 6.04 Å². The normalized spacial score (nSPS) is 27.4. The van der Waals surface area contributed by atoms with E-state index in [1.54, 1.807) is 6.92 Å². The van der Waals surface area contributed by atoms with Gasteiger partial charge in [0.15, 0.2) is 0 Å². The van der Waals surface area contributed by atoms with E-state index >= 15 is 0 Å². The van der Waals surface area contributed by atoms with Crippen molar-refractivity contribution in [2.75, 3.05) is 6.54 Å². The van der Waals surface area contributed by atoms with Crippen molar-refractivity contribution in [3.63, 3.8) is 0 Å². The molecular formula is C15H28N2O. The predicted molar refractivity (Wildman–Crippen MR) is 74.2 cm³/mol. The second kappa shape index (κ2) is 6.55. The summed E-state index contributed by atoms with van der Waals surface area (Å²) in [5.74, 6) is 1.08. The van der Waals surface area contributed by atoms with Crippen molar-refractivity contribution >= 4 is 5.91 Å². The Morgan fingerprint density at radius 2 is 1.89 bits per heavy atom. The highest BCUT2D eigenvalue weighted by Gasteiger charge is 2.30. The van der Waals surface area contributed by atoms with Crippen LogP contribution in [0, 0.1) is 5.92 Å². The fourth-order valence-corrected chi connectivity index (χ4v) is 3.59. The van der Waals surface area contributed by atoms with E-state index in [9.17, 15) is 4.79 Å². The van der Waals surface area contributed by atoms with Gasteiger partial charge in [0.2, 0.25) is 5.91 Å². The highest BCUT2D eigenvalue weighted by atomic mass is 16.2. The third-order valence-electron chi connectivity index (χ3n) is 4.68. The quantitative estimate of drug-likeness (QED) is 0.836. The highest BCUT2D eigenvalue weighted by molar-refractivity contribution is 5.81. The first kappa shape index (κ1) is 13.9. The molecule has 0 aromatic rings. The second-order valence-corrected chi connectivity index (χ2v) is 6.20. The first-order valence-corrected chi connectivity index (χ1v) is 7.74. The fraction of sp³-hybridized carbons (Fsp3) is 0.933. The molecule has 2 N–H and O–H groups in total. The third kappa shape index (κ3) is 3.47. The Kier molecular flexibility index (Phi) is 5.04. The zero-order valence-corrected chi connectivity index (χ0v) is 11.7. The van der Waals surface area contributed by atoms with Gasteiger partial charge in [-0.15, -0.1) is 0 Å². The lowest BCUT2D eigenvalue weighted by molar-refractivity contribution is -0.133. The van der Waals surface area contributed by atoms with E-state index in [0.717, 1.165) is 18.9 Å². The van der Waals surface area contributed by atoms with Crippen molar-refractivity contribution in [3.8, 4) is 0 Å². The molecule has 2 rings (SSSR count). The Hall–Kier alpha value is -0.570. The minimum atomic E-state index is -0.333. The summed E-state index contributed by atoms with van der Waals surface area (Å²) in [6.45, 7) is 2.73. The van der Waals surface area contributed by atoms with Crippen molar-refractivity contribution < 1.29 is 4.79 Å². The van der Waals surface area contributed by atoms with Crippen molar-refractivity contribution in [2.24, 2.45) is 11.7 Å². The smallest absolute Gasteiger partial charge is 0.239 e. The molecule has 2 aliphatic rings. The summed E-state index contributed by atoms with van der Waals surface area (Å²) in [5.41, 5.74) is 5.73. The molecule has 1 unspecified atom stereocenters. The SMILES string of the molecule is C[C@@H](N)C(=O)N1CCCC1CCC1CCCCC1. The molecule has 2 atom stereocenters. The summed E-state index contributed by atoms with van der Waals surface area (Å²) in [4.78, 5) is 14.1. The van der Waals surface area contributed by atoms with Gasteiger partial charge in [-0.2, -0.15) is 0 Å². The summed E-state index contributed by atoms with van der Waals surface area (Å²) in [7, 11) is 0. The molecule has 0 aromatic heterocycles. The van der Waals surface area contributed by atoms with E-state index in [-0.39, 0.29) is 11.9 Å². The van der Waals surface area contributed by atoms with E-state index in [0.29, 0.717) is 6.04 Å². The van der Waals surface area contributed by atoms with Gasteiger partial charge in [-0.3, -0.25) is 4.79 Å². The number of nitrogens with zero attached hydrogens (tertiary/aromatic N) is 1. The van der Waals surface area contributed by atoms with E-state index in [2.05, 4.69) is 0 Å². The van der Waals surface area contributed by atoms with Crippen LogP contribution in [0.2, 0.25) is 0 Å². The van der Waals surface area contributed by atoms with Crippen molar-refractivity contribution in [3.05, 3.63) is 0 Å². The van der Waals surface area contributed by atoms with Gasteiger partial charge in [0, 0.05) is 12.6 Å². The summed E-state index contributed by atoms with van der Waals surface area (Å²) >= 11 is 0. The van der Waals surface area contributed by atoms with Crippen LogP contribution in [0.5, 0.6) is 0 Å². The van der Waals surface area contributed by atoms with Gasteiger partial charge in [0.1, 0.15) is 0 Å². The van der Waals surface area contributed by atoms with Crippen LogP contribution in [0.25, 0.3) is 0 Å². The molecule has 0 radical (unpaired) electrons. The molecule has 0 spiro atoms. The maximum atomic E-state index is 12.0. The standard InChI is InChI=1S/C15H28N2O/c1-12(16)15(18)17-11-5-8-14(17)10-9-13-6-3-2-4-7-13/h12-14H,2-11,16H2,1H3/t12-,14?/m1/s1. The summed E-state index contributed by atoms with van der Waals surface area (Å²) in [6, 6.07) is 0.144. The molecule has 1 amide bonds. The van der Waals surface area contributed by atoms with Gasteiger partial charge >= 0.3 is 0 Å². The van der Waals surface area contributed by atoms with Crippen LogP contribution in [-0.4, -0.2) is 29.4 Å². The molecule has 2 fully saturated rings. The Morgan fingerprint density at radius 1 is 1.17 bits per heavy atom. The minimum absolute atomic E-state index is 0.154. The second-order valence-electron chi connectivity index (χ2n) is 6.20. The summed E-state index contributed by atoms with van der Waals surface area (Å²) < 4.78 is 0. The number of hydrogen-bond acceptors (Lipinski definition) is 2. The number of nitrogens with two attached hydrogens (primary N) is 1. The molecule has 1 aliphatic carbocycles. The molecule has 18 heavy (non-hydrogen) atoms. The van der Waals surface area contributed by atoms with E-state index in [4.69, 9.17) is 5.73 Å². The van der Waals surface area contributed by atoms with Gasteiger partial charge in [-0.05, 0) is 38.5 Å². The number of carbonyl (C=O) groups is 1. The van der Waals surface area contributed by atoms with Gasteiger partial charge in [0.25, 0.3) is 0 Å². The van der Waals surface area contributed by atoms with Crippen LogP contribution in [0.3, 0.4) is 0 Å².